The fraction of sp³-hybridized carbons (Fsp3) is 0.200. The highest BCUT2D eigenvalue weighted by Gasteiger charge is 2.44. The Bertz CT molecular complexity index is 839. The Morgan fingerprint density at radius 1 is 1.21 bits per heavy atom. The Hall–Kier alpha value is -2.45. The number of hydrogen-bond acceptors (Lipinski definition) is 3. The van der Waals surface area contributed by atoms with Crippen LogP contribution < -0.4 is 0 Å². The molecule has 0 spiro atoms. The third kappa shape index (κ3) is 1.44. The zero-order chi connectivity index (χ0) is 12.9. The molecule has 2 aromatic heterocycles. The van der Waals surface area contributed by atoms with E-state index in [4.69, 9.17) is 0 Å². The van der Waals surface area contributed by atoms with Crippen LogP contribution >= 0.6 is 0 Å². The van der Waals surface area contributed by atoms with Crippen LogP contribution in [0.3, 0.4) is 0 Å². The highest BCUT2D eigenvalue weighted by atomic mass is 16.1. The lowest BCUT2D eigenvalue weighted by Gasteiger charge is -2.07. The number of aromatic nitrogens is 2. The van der Waals surface area contributed by atoms with E-state index in [2.05, 4.69) is 21.0 Å². The molecule has 92 valence electrons. The molecule has 0 saturated heterocycles. The van der Waals surface area contributed by atoms with E-state index in [9.17, 15) is 4.79 Å². The fourth-order valence-electron chi connectivity index (χ4n) is 2.71. The molecule has 1 N–H and O–H groups in total. The molecular formula is C15H11N3O. The minimum Gasteiger partial charge on any atom is -0.353 e. The van der Waals surface area contributed by atoms with Crippen molar-refractivity contribution < 1.29 is 4.79 Å². The highest BCUT2D eigenvalue weighted by molar-refractivity contribution is 6.07. The maximum absolute atomic E-state index is 10.6. The van der Waals surface area contributed by atoms with Gasteiger partial charge in [-0.3, -0.25) is 4.98 Å². The van der Waals surface area contributed by atoms with E-state index >= 15 is 0 Å². The lowest BCUT2D eigenvalue weighted by atomic mass is 10.0. The van der Waals surface area contributed by atoms with Crippen molar-refractivity contribution in [3.05, 3.63) is 42.2 Å². The van der Waals surface area contributed by atoms with Crippen molar-refractivity contribution in [1.82, 2.24) is 9.97 Å². The number of aliphatic imine (C=N–C) groups is 1. The first kappa shape index (κ1) is 10.5. The summed E-state index contributed by atoms with van der Waals surface area (Å²) in [6.07, 6.45) is 7.18. The van der Waals surface area contributed by atoms with Gasteiger partial charge in [-0.25, -0.2) is 4.79 Å². The van der Waals surface area contributed by atoms with E-state index in [0.29, 0.717) is 0 Å². The summed E-state index contributed by atoms with van der Waals surface area (Å²) in [5.41, 5.74) is 2.89. The maximum atomic E-state index is 10.6. The zero-order valence-corrected chi connectivity index (χ0v) is 10.2. The molecule has 0 bridgehead atoms. The molecular weight excluding hydrogens is 238 g/mol. The average Bonchev–Trinajstić information content (AvgIpc) is 3.13. The second-order valence-corrected chi connectivity index (χ2v) is 5.04. The minimum atomic E-state index is -0.313. The van der Waals surface area contributed by atoms with Crippen LogP contribution in [0.15, 0.2) is 41.7 Å². The molecule has 1 aromatic carbocycles. The number of aromatic amines is 1. The van der Waals surface area contributed by atoms with Crippen molar-refractivity contribution in [1.29, 1.82) is 0 Å². The molecule has 4 rings (SSSR count). The second kappa shape index (κ2) is 3.53. The molecule has 19 heavy (non-hydrogen) atoms. The summed E-state index contributed by atoms with van der Waals surface area (Å²) in [5, 5.41) is 2.31. The van der Waals surface area contributed by atoms with Crippen LogP contribution in [0.2, 0.25) is 0 Å². The monoisotopic (exact) mass is 249 g/mol. The summed E-state index contributed by atoms with van der Waals surface area (Å²) in [7, 11) is 0. The van der Waals surface area contributed by atoms with Gasteiger partial charge in [-0.15, -0.1) is 0 Å². The standard InChI is InChI=1S/C15H11N3O/c19-9-17-15(4-5-15)10-1-2-13-12(7-10)11-3-6-16-8-14(11)18-13/h1-3,6-8,18H,4-5H2. The second-order valence-electron chi connectivity index (χ2n) is 5.04. The first-order valence-corrected chi connectivity index (χ1v) is 6.27. The summed E-state index contributed by atoms with van der Waals surface area (Å²) in [6, 6.07) is 8.21. The SMILES string of the molecule is O=C=NC1(c2ccc3[nH]c4cnccc4c3c2)CC1. The van der Waals surface area contributed by atoms with Gasteiger partial charge in [-0.1, -0.05) is 6.07 Å². The minimum absolute atomic E-state index is 0.313. The van der Waals surface area contributed by atoms with Crippen LogP contribution in [0.1, 0.15) is 18.4 Å². The maximum Gasteiger partial charge on any atom is 0.235 e. The van der Waals surface area contributed by atoms with Crippen molar-refractivity contribution in [3.8, 4) is 0 Å². The third-order valence-corrected chi connectivity index (χ3v) is 3.92. The largest absolute Gasteiger partial charge is 0.353 e. The lowest BCUT2D eigenvalue weighted by Crippen LogP contribution is -2.01. The van der Waals surface area contributed by atoms with Gasteiger partial charge in [0.15, 0.2) is 0 Å². The van der Waals surface area contributed by atoms with Crippen LogP contribution in [-0.4, -0.2) is 16.0 Å². The van der Waals surface area contributed by atoms with E-state index < -0.39 is 0 Å². The predicted octanol–water partition coefficient (Wildman–Crippen LogP) is 3.04. The molecule has 4 nitrogen and oxygen atoms in total. The summed E-state index contributed by atoms with van der Waals surface area (Å²) in [4.78, 5) is 22.0. The number of isocyanates is 1. The van der Waals surface area contributed by atoms with Crippen LogP contribution in [0.4, 0.5) is 0 Å². The zero-order valence-electron chi connectivity index (χ0n) is 10.2. The quantitative estimate of drug-likeness (QED) is 0.560. The van der Waals surface area contributed by atoms with Gasteiger partial charge in [0.05, 0.1) is 17.3 Å². The number of carbonyl (C=O) groups excluding carboxylic acids is 1. The van der Waals surface area contributed by atoms with Crippen LogP contribution in [0.25, 0.3) is 21.8 Å². The van der Waals surface area contributed by atoms with Gasteiger partial charge in [-0.2, -0.15) is 4.99 Å². The molecule has 1 aliphatic rings. The van der Waals surface area contributed by atoms with E-state index in [-0.39, 0.29) is 5.54 Å². The first-order chi connectivity index (χ1) is 9.32. The van der Waals surface area contributed by atoms with Crippen molar-refractivity contribution in [2.75, 3.05) is 0 Å². The summed E-state index contributed by atoms with van der Waals surface area (Å²) < 4.78 is 0. The molecule has 1 aliphatic carbocycles. The van der Waals surface area contributed by atoms with E-state index in [1.807, 2.05) is 24.4 Å². The summed E-state index contributed by atoms with van der Waals surface area (Å²) in [5.74, 6) is 0. The van der Waals surface area contributed by atoms with Crippen LogP contribution in [-0.2, 0) is 10.3 Å². The third-order valence-electron chi connectivity index (χ3n) is 3.92. The number of H-pyrrole nitrogens is 1. The molecule has 0 atom stereocenters. The number of benzene rings is 1. The molecule has 0 aliphatic heterocycles. The van der Waals surface area contributed by atoms with Crippen LogP contribution in [0, 0.1) is 0 Å². The van der Waals surface area contributed by atoms with Gasteiger partial charge in [0.2, 0.25) is 6.08 Å². The van der Waals surface area contributed by atoms with E-state index in [1.165, 1.54) is 0 Å². The summed E-state index contributed by atoms with van der Waals surface area (Å²) >= 11 is 0. The molecule has 1 fully saturated rings. The molecule has 0 unspecified atom stereocenters. The smallest absolute Gasteiger partial charge is 0.235 e. The van der Waals surface area contributed by atoms with Gasteiger partial charge in [-0.05, 0) is 36.6 Å². The Kier molecular flexibility index (Phi) is 1.94. The Labute approximate surface area is 109 Å². The van der Waals surface area contributed by atoms with Gasteiger partial charge >= 0.3 is 0 Å². The van der Waals surface area contributed by atoms with Gasteiger partial charge in [0, 0.05) is 22.5 Å². The van der Waals surface area contributed by atoms with E-state index in [1.54, 1.807) is 12.3 Å². The first-order valence-electron chi connectivity index (χ1n) is 6.27. The lowest BCUT2D eigenvalue weighted by molar-refractivity contribution is 0.556. The number of pyridine rings is 1. The molecule has 3 aromatic rings. The van der Waals surface area contributed by atoms with Crippen LogP contribution in [0.5, 0.6) is 0 Å². The van der Waals surface area contributed by atoms with Gasteiger partial charge in [0.25, 0.3) is 0 Å². The van der Waals surface area contributed by atoms with E-state index in [0.717, 1.165) is 40.2 Å². The molecule has 0 radical (unpaired) electrons. The van der Waals surface area contributed by atoms with Gasteiger partial charge < -0.3 is 4.98 Å². The number of nitrogens with one attached hydrogen (secondary N) is 1. The number of fused-ring (bicyclic) bond motifs is 3. The normalized spacial score (nSPS) is 16.4. The molecule has 2 heterocycles. The molecule has 0 amide bonds. The fourth-order valence-corrected chi connectivity index (χ4v) is 2.71. The Balaban J connectivity index is 2.00. The van der Waals surface area contributed by atoms with Crippen molar-refractivity contribution >= 4 is 27.9 Å². The molecule has 4 heteroatoms. The molecule has 1 saturated carbocycles. The Morgan fingerprint density at radius 2 is 2.11 bits per heavy atom. The Morgan fingerprint density at radius 3 is 2.89 bits per heavy atom. The van der Waals surface area contributed by atoms with Crippen molar-refractivity contribution in [2.45, 2.75) is 18.4 Å². The van der Waals surface area contributed by atoms with Gasteiger partial charge in [0.1, 0.15) is 0 Å². The topological polar surface area (TPSA) is 58.1 Å². The van der Waals surface area contributed by atoms with Crippen molar-refractivity contribution in [2.24, 2.45) is 4.99 Å². The summed E-state index contributed by atoms with van der Waals surface area (Å²) in [6.45, 7) is 0. The predicted molar refractivity (Wildman–Crippen MR) is 72.6 cm³/mol. The number of rotatable bonds is 2. The highest BCUT2D eigenvalue weighted by Crippen LogP contribution is 2.49. The number of nitrogens with zero attached hydrogens (tertiary/aromatic N) is 2. The van der Waals surface area contributed by atoms with Crippen molar-refractivity contribution in [3.63, 3.8) is 0 Å². The number of hydrogen-bond donors (Lipinski definition) is 1. The average molecular weight is 249 g/mol.